The van der Waals surface area contributed by atoms with Crippen molar-refractivity contribution < 1.29 is 8.42 Å². The molecule has 114 valence electrons. The average molecular weight is 316 g/mol. The van der Waals surface area contributed by atoms with Crippen LogP contribution in [0.4, 0.5) is 0 Å². The van der Waals surface area contributed by atoms with E-state index >= 15 is 0 Å². The van der Waals surface area contributed by atoms with Crippen LogP contribution in [0.5, 0.6) is 0 Å². The molecular weight excluding hydrogens is 292 g/mol. The lowest BCUT2D eigenvalue weighted by Gasteiger charge is -2.29. The maximum absolute atomic E-state index is 12.2. The fourth-order valence-electron chi connectivity index (χ4n) is 2.85. The van der Waals surface area contributed by atoms with Crippen molar-refractivity contribution in [3.05, 3.63) is 22.4 Å². The number of aryl methyl sites for hydroxylation is 1. The molecule has 1 atom stereocenters. The maximum Gasteiger partial charge on any atom is 0.212 e. The monoisotopic (exact) mass is 316 g/mol. The van der Waals surface area contributed by atoms with E-state index in [0.29, 0.717) is 18.9 Å². The zero-order valence-corrected chi connectivity index (χ0v) is 13.4. The van der Waals surface area contributed by atoms with E-state index in [2.05, 4.69) is 4.72 Å². The van der Waals surface area contributed by atoms with Gasteiger partial charge in [-0.05, 0) is 36.6 Å². The van der Waals surface area contributed by atoms with Gasteiger partial charge in [-0.1, -0.05) is 25.3 Å². The minimum Gasteiger partial charge on any atom is -0.329 e. The van der Waals surface area contributed by atoms with Gasteiger partial charge in [-0.2, -0.15) is 0 Å². The third-order valence-corrected chi connectivity index (χ3v) is 6.34. The van der Waals surface area contributed by atoms with Crippen LogP contribution < -0.4 is 10.5 Å². The molecule has 0 aliphatic heterocycles. The Labute approximate surface area is 125 Å². The number of nitrogens with two attached hydrogens (primary N) is 1. The lowest BCUT2D eigenvalue weighted by Crippen LogP contribution is -2.46. The van der Waals surface area contributed by atoms with Gasteiger partial charge in [0, 0.05) is 17.5 Å². The zero-order chi connectivity index (χ0) is 14.4. The number of thiophene rings is 1. The van der Waals surface area contributed by atoms with Crippen LogP contribution in [0.25, 0.3) is 0 Å². The number of nitrogens with one attached hydrogen (secondary N) is 1. The Kier molecular flexibility index (Phi) is 6.01. The van der Waals surface area contributed by atoms with Gasteiger partial charge in [-0.3, -0.25) is 0 Å². The van der Waals surface area contributed by atoms with Crippen LogP contribution in [0, 0.1) is 5.92 Å². The molecule has 3 N–H and O–H groups in total. The first-order valence-electron chi connectivity index (χ1n) is 7.33. The molecule has 0 spiro atoms. The first-order valence-corrected chi connectivity index (χ1v) is 9.86. The molecule has 1 heterocycles. The van der Waals surface area contributed by atoms with Crippen molar-refractivity contribution in [1.82, 2.24) is 4.72 Å². The van der Waals surface area contributed by atoms with E-state index in [-0.39, 0.29) is 11.8 Å². The van der Waals surface area contributed by atoms with Gasteiger partial charge in [0.15, 0.2) is 0 Å². The Morgan fingerprint density at radius 1 is 1.35 bits per heavy atom. The number of hydrogen-bond acceptors (Lipinski definition) is 4. The zero-order valence-electron chi connectivity index (χ0n) is 11.8. The summed E-state index contributed by atoms with van der Waals surface area (Å²) in [4.78, 5) is 1.11. The number of hydrogen-bond donors (Lipinski definition) is 2. The normalized spacial score (nSPS) is 19.1. The van der Waals surface area contributed by atoms with Crippen molar-refractivity contribution in [2.24, 2.45) is 11.7 Å². The Bertz CT molecular complexity index is 479. The van der Waals surface area contributed by atoms with Crippen molar-refractivity contribution in [1.29, 1.82) is 0 Å². The van der Waals surface area contributed by atoms with Crippen LogP contribution in [0.15, 0.2) is 17.5 Å². The topological polar surface area (TPSA) is 72.2 Å². The SMILES string of the molecule is NCC(NS(=O)(=O)CCc1cccs1)C1CCCCC1. The van der Waals surface area contributed by atoms with Gasteiger partial charge in [0.25, 0.3) is 0 Å². The first-order chi connectivity index (χ1) is 9.61. The average Bonchev–Trinajstić information content (AvgIpc) is 2.97. The van der Waals surface area contributed by atoms with Crippen LogP contribution in [-0.4, -0.2) is 26.8 Å². The fraction of sp³-hybridized carbons (Fsp3) is 0.714. The molecule has 1 aliphatic carbocycles. The molecule has 0 amide bonds. The summed E-state index contributed by atoms with van der Waals surface area (Å²) in [7, 11) is -3.24. The molecule has 1 unspecified atom stereocenters. The molecule has 1 saturated carbocycles. The highest BCUT2D eigenvalue weighted by molar-refractivity contribution is 7.89. The van der Waals surface area contributed by atoms with Crippen LogP contribution in [0.1, 0.15) is 37.0 Å². The van der Waals surface area contributed by atoms with E-state index in [9.17, 15) is 8.42 Å². The molecule has 0 radical (unpaired) electrons. The highest BCUT2D eigenvalue weighted by Crippen LogP contribution is 2.26. The quantitative estimate of drug-likeness (QED) is 0.809. The van der Waals surface area contributed by atoms with Gasteiger partial charge in [-0.15, -0.1) is 11.3 Å². The molecule has 1 aliphatic rings. The highest BCUT2D eigenvalue weighted by atomic mass is 32.2. The van der Waals surface area contributed by atoms with Crippen LogP contribution >= 0.6 is 11.3 Å². The van der Waals surface area contributed by atoms with E-state index in [0.717, 1.165) is 17.7 Å². The molecule has 1 aromatic heterocycles. The fourth-order valence-corrected chi connectivity index (χ4v) is 5.05. The summed E-state index contributed by atoms with van der Waals surface area (Å²) >= 11 is 1.60. The highest BCUT2D eigenvalue weighted by Gasteiger charge is 2.26. The van der Waals surface area contributed by atoms with Crippen molar-refractivity contribution in [2.75, 3.05) is 12.3 Å². The smallest absolute Gasteiger partial charge is 0.212 e. The van der Waals surface area contributed by atoms with E-state index in [4.69, 9.17) is 5.73 Å². The molecular formula is C14H24N2O2S2. The van der Waals surface area contributed by atoms with E-state index in [1.165, 1.54) is 19.3 Å². The summed E-state index contributed by atoms with van der Waals surface area (Å²) in [6.45, 7) is 0.392. The van der Waals surface area contributed by atoms with Gasteiger partial charge in [0.05, 0.1) is 5.75 Å². The van der Waals surface area contributed by atoms with E-state index in [1.54, 1.807) is 11.3 Å². The third-order valence-electron chi connectivity index (χ3n) is 4.00. The Balaban J connectivity index is 1.87. The second-order valence-corrected chi connectivity index (χ2v) is 8.41. The Morgan fingerprint density at radius 2 is 2.10 bits per heavy atom. The Hall–Kier alpha value is -0.430. The second-order valence-electron chi connectivity index (χ2n) is 5.51. The molecule has 0 saturated heterocycles. The molecule has 20 heavy (non-hydrogen) atoms. The summed E-state index contributed by atoms with van der Waals surface area (Å²) in [6.07, 6.45) is 6.41. The predicted molar refractivity (Wildman–Crippen MR) is 84.4 cm³/mol. The van der Waals surface area contributed by atoms with E-state index in [1.807, 2.05) is 17.5 Å². The summed E-state index contributed by atoms with van der Waals surface area (Å²) in [5.74, 6) is 0.557. The standard InChI is InChI=1S/C14H24N2O2S2/c15-11-14(12-5-2-1-3-6-12)16-20(17,18)10-8-13-7-4-9-19-13/h4,7,9,12,14,16H,1-3,5-6,8,10-11,15H2. The lowest BCUT2D eigenvalue weighted by atomic mass is 9.84. The van der Waals surface area contributed by atoms with E-state index < -0.39 is 10.0 Å². The number of rotatable bonds is 7. The second kappa shape index (κ2) is 7.54. The molecule has 0 aromatic carbocycles. The summed E-state index contributed by atoms with van der Waals surface area (Å²) in [5.41, 5.74) is 5.78. The third kappa shape index (κ3) is 4.84. The molecule has 4 nitrogen and oxygen atoms in total. The van der Waals surface area contributed by atoms with Crippen molar-refractivity contribution >= 4 is 21.4 Å². The van der Waals surface area contributed by atoms with Crippen molar-refractivity contribution in [3.8, 4) is 0 Å². The van der Waals surface area contributed by atoms with Crippen LogP contribution in [-0.2, 0) is 16.4 Å². The maximum atomic E-state index is 12.2. The number of sulfonamides is 1. The van der Waals surface area contributed by atoms with Crippen LogP contribution in [0.3, 0.4) is 0 Å². The summed E-state index contributed by atoms with van der Waals surface area (Å²) < 4.78 is 27.2. The largest absolute Gasteiger partial charge is 0.329 e. The predicted octanol–water partition coefficient (Wildman–Crippen LogP) is 2.12. The lowest BCUT2D eigenvalue weighted by molar-refractivity contribution is 0.294. The summed E-state index contributed by atoms with van der Waals surface area (Å²) in [6, 6.07) is 3.83. The van der Waals surface area contributed by atoms with Crippen LogP contribution in [0.2, 0.25) is 0 Å². The Morgan fingerprint density at radius 3 is 2.70 bits per heavy atom. The summed E-state index contributed by atoms with van der Waals surface area (Å²) in [5, 5.41) is 1.97. The van der Waals surface area contributed by atoms with Gasteiger partial charge in [0.1, 0.15) is 0 Å². The minimum atomic E-state index is -3.24. The van der Waals surface area contributed by atoms with Gasteiger partial charge in [0.2, 0.25) is 10.0 Å². The van der Waals surface area contributed by atoms with Gasteiger partial charge < -0.3 is 5.73 Å². The van der Waals surface area contributed by atoms with Crippen molar-refractivity contribution in [2.45, 2.75) is 44.6 Å². The van der Waals surface area contributed by atoms with Gasteiger partial charge >= 0.3 is 0 Å². The van der Waals surface area contributed by atoms with Gasteiger partial charge in [-0.25, -0.2) is 13.1 Å². The molecule has 0 bridgehead atoms. The molecule has 1 fully saturated rings. The van der Waals surface area contributed by atoms with Crippen molar-refractivity contribution in [3.63, 3.8) is 0 Å². The first kappa shape index (κ1) is 15.9. The minimum absolute atomic E-state index is 0.0939. The molecule has 6 heteroatoms. The molecule has 2 rings (SSSR count). The molecule has 1 aromatic rings.